The second-order valence-corrected chi connectivity index (χ2v) is 4.39. The summed E-state index contributed by atoms with van der Waals surface area (Å²) < 4.78 is 2.00. The molecule has 0 fully saturated rings. The first-order valence-corrected chi connectivity index (χ1v) is 6.33. The van der Waals surface area contributed by atoms with Crippen molar-refractivity contribution in [3.63, 3.8) is 0 Å². The van der Waals surface area contributed by atoms with Crippen molar-refractivity contribution in [2.75, 3.05) is 5.75 Å². The quantitative estimate of drug-likeness (QED) is 0.656. The summed E-state index contributed by atoms with van der Waals surface area (Å²) in [6, 6.07) is -0.838. The van der Waals surface area contributed by atoms with Crippen LogP contribution in [0.5, 0.6) is 0 Å². The molecule has 0 saturated carbocycles. The molecule has 0 radical (unpaired) electrons. The third-order valence-corrected chi connectivity index (χ3v) is 3.31. The first kappa shape index (κ1) is 13.6. The Balaban J connectivity index is 2.40. The van der Waals surface area contributed by atoms with Gasteiger partial charge in [-0.2, -0.15) is 11.8 Å². The van der Waals surface area contributed by atoms with E-state index in [1.54, 1.807) is 12.5 Å². The fraction of sp³-hybridized carbons (Fsp3) is 0.500. The maximum absolute atomic E-state index is 10.8. The van der Waals surface area contributed by atoms with Gasteiger partial charge in [0.1, 0.15) is 6.04 Å². The number of thioether (sulfide) groups is 1. The number of nitrogens with zero attached hydrogens (tertiary/aromatic N) is 2. The Morgan fingerprint density at radius 2 is 2.53 bits per heavy atom. The topological polar surface area (TPSA) is 84.2 Å². The van der Waals surface area contributed by atoms with Gasteiger partial charge in [-0.3, -0.25) is 4.79 Å². The third-order valence-electron chi connectivity index (χ3n) is 2.24. The number of aliphatic carboxylic acids is 1. The number of nitrogens with one attached hydrogen (secondary N) is 1. The summed E-state index contributed by atoms with van der Waals surface area (Å²) in [5.74, 6) is -0.00481. The molecule has 0 aromatic carbocycles. The first-order chi connectivity index (χ1) is 8.19. The van der Waals surface area contributed by atoms with E-state index in [-0.39, 0.29) is 0 Å². The van der Waals surface area contributed by atoms with Crippen molar-refractivity contribution in [1.29, 1.82) is 0 Å². The van der Waals surface area contributed by atoms with Gasteiger partial charge in [-0.1, -0.05) is 0 Å². The highest BCUT2D eigenvalue weighted by Crippen LogP contribution is 2.13. The molecule has 1 aromatic heterocycles. The van der Waals surface area contributed by atoms with E-state index in [1.807, 2.05) is 11.5 Å². The molecule has 0 spiro atoms. The maximum atomic E-state index is 10.8. The lowest BCUT2D eigenvalue weighted by atomic mass is 10.3. The van der Waals surface area contributed by atoms with E-state index in [0.717, 1.165) is 12.2 Å². The zero-order valence-electron chi connectivity index (χ0n) is 9.50. The van der Waals surface area contributed by atoms with Crippen molar-refractivity contribution in [2.24, 2.45) is 0 Å². The van der Waals surface area contributed by atoms with Crippen LogP contribution in [0.25, 0.3) is 0 Å². The second kappa shape index (κ2) is 6.95. The average Bonchev–Trinajstić information content (AvgIpc) is 2.75. The van der Waals surface area contributed by atoms with Gasteiger partial charge < -0.3 is 15.0 Å². The number of aryl methyl sites for hydroxylation is 1. The van der Waals surface area contributed by atoms with Crippen LogP contribution in [0.2, 0.25) is 0 Å². The summed E-state index contributed by atoms with van der Waals surface area (Å²) in [7, 11) is 0. The minimum atomic E-state index is -1.02. The fourth-order valence-electron chi connectivity index (χ4n) is 1.31. The predicted octanol–water partition coefficient (Wildman–Crippen LogP) is 0.335. The van der Waals surface area contributed by atoms with Crippen molar-refractivity contribution in [3.05, 3.63) is 18.2 Å². The highest BCUT2D eigenvalue weighted by molar-refractivity contribution is 7.98. The van der Waals surface area contributed by atoms with Gasteiger partial charge >= 0.3 is 5.97 Å². The number of carbonyl (C=O) groups is 2. The molecule has 0 aliphatic rings. The molecule has 94 valence electrons. The van der Waals surface area contributed by atoms with E-state index >= 15 is 0 Å². The molecule has 17 heavy (non-hydrogen) atoms. The van der Waals surface area contributed by atoms with Gasteiger partial charge in [-0.05, 0) is 6.92 Å². The Bertz CT molecular complexity index is 381. The molecule has 1 aromatic rings. The van der Waals surface area contributed by atoms with Gasteiger partial charge in [0.15, 0.2) is 0 Å². The van der Waals surface area contributed by atoms with Crippen molar-refractivity contribution in [3.8, 4) is 0 Å². The van der Waals surface area contributed by atoms with E-state index in [1.165, 1.54) is 11.8 Å². The highest BCUT2D eigenvalue weighted by Gasteiger charge is 2.16. The monoisotopic (exact) mass is 257 g/mol. The first-order valence-electron chi connectivity index (χ1n) is 5.18. The van der Waals surface area contributed by atoms with Gasteiger partial charge in [0.2, 0.25) is 6.41 Å². The molecular weight excluding hydrogens is 242 g/mol. The predicted molar refractivity (Wildman–Crippen MR) is 64.7 cm³/mol. The third kappa shape index (κ3) is 4.10. The Labute approximate surface area is 103 Å². The minimum absolute atomic E-state index is 0.336. The Hall–Kier alpha value is -1.50. The lowest BCUT2D eigenvalue weighted by Gasteiger charge is -2.10. The van der Waals surface area contributed by atoms with Crippen LogP contribution in [-0.2, 0) is 21.9 Å². The Morgan fingerprint density at radius 3 is 3.12 bits per heavy atom. The number of carboxylic acids is 1. The second-order valence-electron chi connectivity index (χ2n) is 3.36. The molecule has 1 atom stereocenters. The molecule has 1 rings (SSSR count). The fourth-order valence-corrected chi connectivity index (χ4v) is 2.35. The number of carboxylic acid groups (broad SMARTS) is 1. The van der Waals surface area contributed by atoms with Gasteiger partial charge in [-0.15, -0.1) is 0 Å². The van der Waals surface area contributed by atoms with Gasteiger partial charge in [0.25, 0.3) is 0 Å². The number of rotatable bonds is 8. The lowest BCUT2D eigenvalue weighted by molar-refractivity contribution is -0.139. The molecule has 1 heterocycles. The zero-order valence-corrected chi connectivity index (χ0v) is 10.3. The molecule has 1 amide bonds. The normalized spacial score (nSPS) is 12.1. The van der Waals surface area contributed by atoms with Crippen LogP contribution in [0.4, 0.5) is 0 Å². The molecule has 0 aliphatic heterocycles. The average molecular weight is 257 g/mol. The number of imidazole rings is 1. The van der Waals surface area contributed by atoms with Gasteiger partial charge in [0, 0.05) is 29.9 Å². The zero-order chi connectivity index (χ0) is 12.7. The molecule has 0 bridgehead atoms. The van der Waals surface area contributed by atoms with Crippen LogP contribution in [0.1, 0.15) is 12.6 Å². The van der Waals surface area contributed by atoms with Crippen LogP contribution >= 0.6 is 11.8 Å². The summed E-state index contributed by atoms with van der Waals surface area (Å²) in [5.41, 5.74) is 1.05. The SMILES string of the molecule is CCn1cncc1CSCC(NC=O)C(=O)O. The van der Waals surface area contributed by atoms with Crippen LogP contribution in [0.3, 0.4) is 0 Å². The maximum Gasteiger partial charge on any atom is 0.327 e. The standard InChI is InChI=1S/C10H15N3O3S/c1-2-13-6-11-3-8(13)4-17-5-9(10(15)16)12-7-14/h3,6-7,9H,2,4-5H2,1H3,(H,12,14)(H,15,16). The molecule has 0 aliphatic carbocycles. The van der Waals surface area contributed by atoms with E-state index in [9.17, 15) is 9.59 Å². The molecule has 6 nitrogen and oxygen atoms in total. The lowest BCUT2D eigenvalue weighted by Crippen LogP contribution is -2.37. The van der Waals surface area contributed by atoms with Crippen molar-refractivity contribution < 1.29 is 14.7 Å². The van der Waals surface area contributed by atoms with Crippen LogP contribution in [-0.4, -0.2) is 38.8 Å². The summed E-state index contributed by atoms with van der Waals surface area (Å²) in [6.07, 6.45) is 3.92. The van der Waals surface area contributed by atoms with E-state index in [0.29, 0.717) is 17.9 Å². The van der Waals surface area contributed by atoms with Gasteiger partial charge in [-0.25, -0.2) is 9.78 Å². The summed E-state index contributed by atoms with van der Waals surface area (Å²) in [4.78, 5) is 25.0. The number of hydrogen-bond acceptors (Lipinski definition) is 4. The minimum Gasteiger partial charge on any atom is -0.480 e. The van der Waals surface area contributed by atoms with Crippen molar-refractivity contribution in [1.82, 2.24) is 14.9 Å². The van der Waals surface area contributed by atoms with Crippen molar-refractivity contribution in [2.45, 2.75) is 25.3 Å². The Kier molecular flexibility index (Phi) is 5.55. The van der Waals surface area contributed by atoms with Crippen LogP contribution in [0, 0.1) is 0 Å². The van der Waals surface area contributed by atoms with E-state index in [2.05, 4.69) is 10.3 Å². The molecule has 1 unspecified atom stereocenters. The van der Waals surface area contributed by atoms with E-state index < -0.39 is 12.0 Å². The Morgan fingerprint density at radius 1 is 1.76 bits per heavy atom. The molecular formula is C10H15N3O3S. The molecule has 7 heteroatoms. The highest BCUT2D eigenvalue weighted by atomic mass is 32.2. The number of hydrogen-bond donors (Lipinski definition) is 2. The smallest absolute Gasteiger partial charge is 0.327 e. The summed E-state index contributed by atoms with van der Waals surface area (Å²) >= 11 is 1.45. The van der Waals surface area contributed by atoms with Gasteiger partial charge in [0.05, 0.1) is 6.33 Å². The van der Waals surface area contributed by atoms with Crippen LogP contribution < -0.4 is 5.32 Å². The number of aromatic nitrogens is 2. The summed E-state index contributed by atoms with van der Waals surface area (Å²) in [5, 5.41) is 11.1. The number of carbonyl (C=O) groups excluding carboxylic acids is 1. The molecule has 2 N–H and O–H groups in total. The van der Waals surface area contributed by atoms with E-state index in [4.69, 9.17) is 5.11 Å². The number of amides is 1. The largest absolute Gasteiger partial charge is 0.480 e. The summed E-state index contributed by atoms with van der Waals surface area (Å²) in [6.45, 7) is 2.86. The van der Waals surface area contributed by atoms with Crippen molar-refractivity contribution >= 4 is 24.1 Å². The molecule has 0 saturated heterocycles. The van der Waals surface area contributed by atoms with Crippen LogP contribution in [0.15, 0.2) is 12.5 Å².